The van der Waals surface area contributed by atoms with E-state index in [-0.39, 0.29) is 0 Å². The topological polar surface area (TPSA) is 61.5 Å². The minimum atomic E-state index is -0.556. The molecule has 0 aliphatic carbocycles. The molecule has 1 aromatic carbocycles. The highest BCUT2D eigenvalue weighted by Crippen LogP contribution is 2.30. The molecule has 1 aromatic rings. The van der Waals surface area contributed by atoms with Crippen LogP contribution in [0, 0.1) is 0 Å². The van der Waals surface area contributed by atoms with Crippen molar-refractivity contribution >= 4 is 27.6 Å². The maximum absolute atomic E-state index is 11.9. The molecular formula is C12H16BrNO3. The molecule has 0 atom stereocenters. The summed E-state index contributed by atoms with van der Waals surface area (Å²) in [4.78, 5) is 11.9. The highest BCUT2D eigenvalue weighted by molar-refractivity contribution is 9.10. The summed E-state index contributed by atoms with van der Waals surface area (Å²) in [6.45, 7) is 5.41. The second kappa shape index (κ2) is 4.96. The van der Waals surface area contributed by atoms with E-state index in [1.165, 1.54) is 7.11 Å². The molecule has 5 heteroatoms. The first kappa shape index (κ1) is 13.8. The van der Waals surface area contributed by atoms with Gasteiger partial charge in [0.25, 0.3) is 0 Å². The highest BCUT2D eigenvalue weighted by Gasteiger charge is 2.21. The van der Waals surface area contributed by atoms with E-state index in [9.17, 15) is 4.79 Å². The summed E-state index contributed by atoms with van der Waals surface area (Å²) in [7, 11) is 1.52. The average Bonchev–Trinajstić information content (AvgIpc) is 2.19. The highest BCUT2D eigenvalue weighted by atomic mass is 79.9. The van der Waals surface area contributed by atoms with Gasteiger partial charge in [0.15, 0.2) is 0 Å². The molecule has 0 radical (unpaired) electrons. The molecule has 0 amide bonds. The summed E-state index contributed by atoms with van der Waals surface area (Å²) in [6, 6.07) is 3.26. The quantitative estimate of drug-likeness (QED) is 0.674. The molecule has 0 unspecified atom stereocenters. The number of halogens is 1. The zero-order valence-electron chi connectivity index (χ0n) is 10.3. The standard InChI is InChI=1S/C12H16BrNO3/c1-12(2,3)17-11(15)8-5-7(16-4)6-9(13)10(8)14/h5-6H,14H2,1-4H3. The van der Waals surface area contributed by atoms with Crippen LogP contribution in [-0.2, 0) is 4.74 Å². The molecule has 0 bridgehead atoms. The molecule has 94 valence electrons. The van der Waals surface area contributed by atoms with Gasteiger partial charge in [-0.1, -0.05) is 0 Å². The van der Waals surface area contributed by atoms with Gasteiger partial charge in [-0.2, -0.15) is 0 Å². The first-order valence-electron chi connectivity index (χ1n) is 5.11. The predicted octanol–water partition coefficient (Wildman–Crippen LogP) is 3.00. The van der Waals surface area contributed by atoms with E-state index in [1.807, 2.05) is 0 Å². The van der Waals surface area contributed by atoms with Gasteiger partial charge in [0.1, 0.15) is 11.4 Å². The first-order chi connectivity index (χ1) is 7.74. The van der Waals surface area contributed by atoms with Crippen molar-refractivity contribution in [3.63, 3.8) is 0 Å². The summed E-state index contributed by atoms with van der Waals surface area (Å²) in [5.41, 5.74) is 5.91. The Morgan fingerprint density at radius 2 is 1.94 bits per heavy atom. The fourth-order valence-electron chi connectivity index (χ4n) is 1.21. The molecule has 0 saturated heterocycles. The Morgan fingerprint density at radius 1 is 1.35 bits per heavy atom. The smallest absolute Gasteiger partial charge is 0.340 e. The van der Waals surface area contributed by atoms with Crippen LogP contribution >= 0.6 is 15.9 Å². The molecule has 0 aromatic heterocycles. The zero-order valence-corrected chi connectivity index (χ0v) is 11.9. The lowest BCUT2D eigenvalue weighted by Gasteiger charge is -2.20. The number of benzene rings is 1. The van der Waals surface area contributed by atoms with Crippen molar-refractivity contribution in [3.05, 3.63) is 22.2 Å². The lowest BCUT2D eigenvalue weighted by atomic mass is 10.1. The van der Waals surface area contributed by atoms with Crippen LogP contribution in [0.3, 0.4) is 0 Å². The Bertz CT molecular complexity index is 438. The second-order valence-electron chi connectivity index (χ2n) is 4.57. The molecule has 17 heavy (non-hydrogen) atoms. The van der Waals surface area contributed by atoms with E-state index in [0.29, 0.717) is 21.5 Å². The van der Waals surface area contributed by atoms with Gasteiger partial charge in [0.05, 0.1) is 18.4 Å². The summed E-state index contributed by atoms with van der Waals surface area (Å²) in [5.74, 6) is 0.0848. The number of nitrogens with two attached hydrogens (primary N) is 1. The number of anilines is 1. The summed E-state index contributed by atoms with van der Waals surface area (Å²) >= 11 is 3.27. The fraction of sp³-hybridized carbons (Fsp3) is 0.417. The molecule has 0 heterocycles. The molecule has 0 spiro atoms. The molecule has 0 saturated carbocycles. The maximum atomic E-state index is 11.9. The Morgan fingerprint density at radius 3 is 2.41 bits per heavy atom. The van der Waals surface area contributed by atoms with Gasteiger partial charge in [-0.25, -0.2) is 4.79 Å². The monoisotopic (exact) mass is 301 g/mol. The molecule has 0 fully saturated rings. The van der Waals surface area contributed by atoms with E-state index in [0.717, 1.165) is 0 Å². The van der Waals surface area contributed by atoms with Crippen molar-refractivity contribution in [2.24, 2.45) is 0 Å². The van der Waals surface area contributed by atoms with Gasteiger partial charge >= 0.3 is 5.97 Å². The number of ether oxygens (including phenoxy) is 2. The van der Waals surface area contributed by atoms with E-state index in [1.54, 1.807) is 32.9 Å². The van der Waals surface area contributed by atoms with E-state index in [2.05, 4.69) is 15.9 Å². The van der Waals surface area contributed by atoms with Crippen LogP contribution in [0.2, 0.25) is 0 Å². The van der Waals surface area contributed by atoms with Crippen molar-refractivity contribution in [1.82, 2.24) is 0 Å². The normalized spacial score (nSPS) is 11.1. The van der Waals surface area contributed by atoms with Gasteiger partial charge in [-0.05, 0) is 48.8 Å². The van der Waals surface area contributed by atoms with Crippen molar-refractivity contribution < 1.29 is 14.3 Å². The minimum Gasteiger partial charge on any atom is -0.497 e. The van der Waals surface area contributed by atoms with Gasteiger partial charge in [-0.3, -0.25) is 0 Å². The Labute approximate surface area is 109 Å². The lowest BCUT2D eigenvalue weighted by molar-refractivity contribution is 0.00704. The lowest BCUT2D eigenvalue weighted by Crippen LogP contribution is -2.24. The number of rotatable bonds is 2. The summed E-state index contributed by atoms with van der Waals surface area (Å²) in [6.07, 6.45) is 0. The van der Waals surface area contributed by atoms with Gasteiger partial charge in [0, 0.05) is 4.47 Å². The fourth-order valence-corrected chi connectivity index (χ4v) is 1.65. The SMILES string of the molecule is COc1cc(Br)c(N)c(C(=O)OC(C)(C)C)c1. The first-order valence-corrected chi connectivity index (χ1v) is 5.90. The number of hydrogen-bond acceptors (Lipinski definition) is 4. The predicted molar refractivity (Wildman–Crippen MR) is 70.3 cm³/mol. The van der Waals surface area contributed by atoms with Crippen LogP contribution in [0.15, 0.2) is 16.6 Å². The number of esters is 1. The van der Waals surface area contributed by atoms with Gasteiger partial charge < -0.3 is 15.2 Å². The van der Waals surface area contributed by atoms with E-state index < -0.39 is 11.6 Å². The third-order valence-corrected chi connectivity index (χ3v) is 2.61. The summed E-state index contributed by atoms with van der Waals surface area (Å²) < 4.78 is 11.0. The Kier molecular flexibility index (Phi) is 4.03. The van der Waals surface area contributed by atoms with Crippen molar-refractivity contribution in [1.29, 1.82) is 0 Å². The maximum Gasteiger partial charge on any atom is 0.340 e. The summed E-state index contributed by atoms with van der Waals surface area (Å²) in [5, 5.41) is 0. The largest absolute Gasteiger partial charge is 0.497 e. The number of nitrogen functional groups attached to an aromatic ring is 1. The molecule has 0 aliphatic heterocycles. The van der Waals surface area contributed by atoms with Crippen molar-refractivity contribution in [3.8, 4) is 5.75 Å². The Balaban J connectivity index is 3.13. The molecule has 4 nitrogen and oxygen atoms in total. The van der Waals surface area contributed by atoms with E-state index in [4.69, 9.17) is 15.2 Å². The Hall–Kier alpha value is -1.23. The molecule has 2 N–H and O–H groups in total. The van der Waals surface area contributed by atoms with Crippen LogP contribution in [0.1, 0.15) is 31.1 Å². The van der Waals surface area contributed by atoms with Crippen LogP contribution in [-0.4, -0.2) is 18.7 Å². The van der Waals surface area contributed by atoms with Crippen LogP contribution < -0.4 is 10.5 Å². The van der Waals surface area contributed by atoms with Crippen LogP contribution in [0.4, 0.5) is 5.69 Å². The minimum absolute atomic E-state index is 0.297. The molecule has 1 rings (SSSR count). The zero-order chi connectivity index (χ0) is 13.2. The molecule has 0 aliphatic rings. The van der Waals surface area contributed by atoms with Gasteiger partial charge in [-0.15, -0.1) is 0 Å². The van der Waals surface area contributed by atoms with Crippen LogP contribution in [0.5, 0.6) is 5.75 Å². The van der Waals surface area contributed by atoms with Crippen molar-refractivity contribution in [2.75, 3.05) is 12.8 Å². The van der Waals surface area contributed by atoms with Crippen molar-refractivity contribution in [2.45, 2.75) is 26.4 Å². The number of methoxy groups -OCH3 is 1. The average molecular weight is 302 g/mol. The number of hydrogen-bond donors (Lipinski definition) is 1. The number of carbonyl (C=O) groups excluding carboxylic acids is 1. The van der Waals surface area contributed by atoms with Gasteiger partial charge in [0.2, 0.25) is 0 Å². The van der Waals surface area contributed by atoms with E-state index >= 15 is 0 Å². The molecular weight excluding hydrogens is 286 g/mol. The third kappa shape index (κ3) is 3.63. The second-order valence-corrected chi connectivity index (χ2v) is 5.43. The third-order valence-electron chi connectivity index (χ3n) is 1.96. The number of carbonyl (C=O) groups is 1. The van der Waals surface area contributed by atoms with Crippen LogP contribution in [0.25, 0.3) is 0 Å².